The van der Waals surface area contributed by atoms with Crippen molar-refractivity contribution in [2.45, 2.75) is 24.6 Å². The highest BCUT2D eigenvalue weighted by molar-refractivity contribution is 8.00. The quantitative estimate of drug-likeness (QED) is 0.828. The fourth-order valence-corrected chi connectivity index (χ4v) is 3.75. The van der Waals surface area contributed by atoms with Gasteiger partial charge in [0, 0.05) is 10.4 Å². The molecule has 1 aliphatic rings. The Morgan fingerprint density at radius 3 is 3.22 bits per heavy atom. The average Bonchev–Trinajstić information content (AvgIpc) is 3.04. The lowest BCUT2D eigenvalue weighted by molar-refractivity contribution is -0.120. The minimum atomic E-state index is -0.139. The van der Waals surface area contributed by atoms with Crippen molar-refractivity contribution in [2.24, 2.45) is 0 Å². The molecule has 2 N–H and O–H groups in total. The molecule has 0 bridgehead atoms. The van der Waals surface area contributed by atoms with Crippen molar-refractivity contribution in [3.8, 4) is 11.8 Å². The molecule has 96 valence electrons. The maximum Gasteiger partial charge on any atom is 0.233 e. The summed E-state index contributed by atoms with van der Waals surface area (Å²) in [6.45, 7) is 0.392. The summed E-state index contributed by atoms with van der Waals surface area (Å²) in [4.78, 5) is 12.9. The first-order valence-corrected chi connectivity index (χ1v) is 7.79. The maximum absolute atomic E-state index is 11.9. The van der Waals surface area contributed by atoms with Gasteiger partial charge in [0.1, 0.15) is 6.61 Å². The van der Waals surface area contributed by atoms with E-state index in [2.05, 4.69) is 17.2 Å². The second kappa shape index (κ2) is 6.83. The smallest absolute Gasteiger partial charge is 0.233 e. The summed E-state index contributed by atoms with van der Waals surface area (Å²) in [5.41, 5.74) is 0.897. The molecule has 3 nitrogen and oxygen atoms in total. The van der Waals surface area contributed by atoms with Crippen LogP contribution < -0.4 is 5.32 Å². The van der Waals surface area contributed by atoms with Crippen LogP contribution in [0.5, 0.6) is 0 Å². The molecular formula is C13H15NO2S2. The Hall–Kier alpha value is -0.960. The Morgan fingerprint density at radius 2 is 2.50 bits per heavy atom. The van der Waals surface area contributed by atoms with E-state index < -0.39 is 0 Å². The molecule has 0 saturated carbocycles. The topological polar surface area (TPSA) is 49.3 Å². The van der Waals surface area contributed by atoms with Crippen LogP contribution in [-0.4, -0.2) is 28.6 Å². The summed E-state index contributed by atoms with van der Waals surface area (Å²) in [6.07, 6.45) is 2.12. The van der Waals surface area contributed by atoms with Gasteiger partial charge in [-0.05, 0) is 30.0 Å². The molecule has 1 aliphatic heterocycles. The SMILES string of the molecule is O=C(NCc1sccc1C#CCO)C1CCCS1. The number of aliphatic hydroxyl groups is 1. The van der Waals surface area contributed by atoms with E-state index >= 15 is 0 Å². The third kappa shape index (κ3) is 3.52. The van der Waals surface area contributed by atoms with Gasteiger partial charge < -0.3 is 10.4 Å². The van der Waals surface area contributed by atoms with Crippen LogP contribution in [0, 0.1) is 11.8 Å². The van der Waals surface area contributed by atoms with Gasteiger partial charge in [-0.1, -0.05) is 11.8 Å². The Balaban J connectivity index is 1.89. The van der Waals surface area contributed by atoms with Crippen molar-refractivity contribution in [3.05, 3.63) is 21.9 Å². The van der Waals surface area contributed by atoms with E-state index in [1.54, 1.807) is 23.1 Å². The van der Waals surface area contributed by atoms with E-state index in [0.29, 0.717) is 6.54 Å². The zero-order chi connectivity index (χ0) is 12.8. The van der Waals surface area contributed by atoms with Gasteiger partial charge in [-0.15, -0.1) is 23.1 Å². The standard InChI is InChI=1S/C13H15NO2S2/c15-6-1-3-10-5-8-18-12(10)9-14-13(16)11-4-2-7-17-11/h5,8,11,15H,2,4,6-7,9H2,(H,14,16). The lowest BCUT2D eigenvalue weighted by Crippen LogP contribution is -2.30. The normalized spacial score (nSPS) is 18.2. The molecule has 1 amide bonds. The van der Waals surface area contributed by atoms with Crippen LogP contribution in [0.1, 0.15) is 23.3 Å². The van der Waals surface area contributed by atoms with E-state index in [-0.39, 0.29) is 17.8 Å². The molecule has 0 aromatic carbocycles. The summed E-state index contributed by atoms with van der Waals surface area (Å²) in [5, 5.41) is 13.7. The Kier molecular flexibility index (Phi) is 5.12. The molecule has 5 heteroatoms. The van der Waals surface area contributed by atoms with Crippen LogP contribution in [-0.2, 0) is 11.3 Å². The molecule has 0 radical (unpaired) electrons. The molecule has 1 fully saturated rings. The number of thioether (sulfide) groups is 1. The number of carbonyl (C=O) groups is 1. The van der Waals surface area contributed by atoms with E-state index in [9.17, 15) is 4.79 Å². The van der Waals surface area contributed by atoms with Crippen LogP contribution in [0.4, 0.5) is 0 Å². The van der Waals surface area contributed by atoms with Crippen LogP contribution in [0.25, 0.3) is 0 Å². The Bertz CT molecular complexity index is 467. The first kappa shape index (κ1) is 13.5. The third-order valence-corrected chi connectivity index (χ3v) is 4.99. The monoisotopic (exact) mass is 281 g/mol. The van der Waals surface area contributed by atoms with Crippen molar-refractivity contribution < 1.29 is 9.90 Å². The molecule has 18 heavy (non-hydrogen) atoms. The van der Waals surface area contributed by atoms with Crippen LogP contribution in [0.3, 0.4) is 0 Å². The molecule has 1 unspecified atom stereocenters. The first-order chi connectivity index (χ1) is 8.81. The van der Waals surface area contributed by atoms with Gasteiger partial charge in [0.25, 0.3) is 0 Å². The number of hydrogen-bond acceptors (Lipinski definition) is 4. The van der Waals surface area contributed by atoms with Crippen molar-refractivity contribution >= 4 is 29.0 Å². The molecule has 0 aliphatic carbocycles. The van der Waals surface area contributed by atoms with Gasteiger partial charge in [-0.25, -0.2) is 0 Å². The zero-order valence-corrected chi connectivity index (χ0v) is 11.6. The minimum absolute atomic E-state index is 0.122. The van der Waals surface area contributed by atoms with Gasteiger partial charge in [0.05, 0.1) is 11.8 Å². The van der Waals surface area contributed by atoms with Gasteiger partial charge in [-0.2, -0.15) is 0 Å². The number of thiophene rings is 1. The summed E-state index contributed by atoms with van der Waals surface area (Å²) in [5.74, 6) is 6.74. The molecule has 0 spiro atoms. The number of rotatable bonds is 3. The second-order valence-electron chi connectivity index (χ2n) is 3.94. The fraction of sp³-hybridized carbons (Fsp3) is 0.462. The van der Waals surface area contributed by atoms with E-state index in [0.717, 1.165) is 29.0 Å². The number of hydrogen-bond donors (Lipinski definition) is 2. The number of carbonyl (C=O) groups excluding carboxylic acids is 1. The van der Waals surface area contributed by atoms with Gasteiger partial charge in [0.15, 0.2) is 0 Å². The third-order valence-electron chi connectivity index (χ3n) is 2.69. The molecule has 1 saturated heterocycles. The lowest BCUT2D eigenvalue weighted by Gasteiger charge is -2.09. The molecule has 1 aromatic rings. The lowest BCUT2D eigenvalue weighted by atomic mass is 10.2. The maximum atomic E-state index is 11.9. The van der Waals surface area contributed by atoms with E-state index in [1.807, 2.05) is 11.4 Å². The summed E-state index contributed by atoms with van der Waals surface area (Å²) in [7, 11) is 0. The van der Waals surface area contributed by atoms with Crippen LogP contribution >= 0.6 is 23.1 Å². The van der Waals surface area contributed by atoms with Crippen molar-refractivity contribution in [1.29, 1.82) is 0 Å². The Labute approximate surface area is 115 Å². The summed E-state index contributed by atoms with van der Waals surface area (Å²) >= 11 is 3.31. The van der Waals surface area contributed by atoms with Crippen LogP contribution in [0.15, 0.2) is 11.4 Å². The van der Waals surface area contributed by atoms with Gasteiger partial charge in [-0.3, -0.25) is 4.79 Å². The van der Waals surface area contributed by atoms with Gasteiger partial charge in [0.2, 0.25) is 5.91 Å². The van der Waals surface area contributed by atoms with Crippen LogP contribution in [0.2, 0.25) is 0 Å². The number of aliphatic hydroxyl groups excluding tert-OH is 1. The summed E-state index contributed by atoms with van der Waals surface area (Å²) < 4.78 is 0. The molecule has 2 rings (SSSR count). The van der Waals surface area contributed by atoms with Crippen molar-refractivity contribution in [3.63, 3.8) is 0 Å². The highest BCUT2D eigenvalue weighted by Crippen LogP contribution is 2.26. The predicted molar refractivity (Wildman–Crippen MR) is 75.6 cm³/mol. The first-order valence-electron chi connectivity index (χ1n) is 5.86. The highest BCUT2D eigenvalue weighted by Gasteiger charge is 2.23. The summed E-state index contributed by atoms with van der Waals surface area (Å²) in [6, 6.07) is 1.92. The minimum Gasteiger partial charge on any atom is -0.384 e. The average molecular weight is 281 g/mol. The second-order valence-corrected chi connectivity index (χ2v) is 6.25. The van der Waals surface area contributed by atoms with E-state index in [4.69, 9.17) is 5.11 Å². The fourth-order valence-electron chi connectivity index (χ4n) is 1.79. The van der Waals surface area contributed by atoms with Crippen molar-refractivity contribution in [2.75, 3.05) is 12.4 Å². The predicted octanol–water partition coefficient (Wildman–Crippen LogP) is 1.60. The molecule has 1 aromatic heterocycles. The molecule has 1 atom stereocenters. The van der Waals surface area contributed by atoms with Gasteiger partial charge >= 0.3 is 0 Å². The largest absolute Gasteiger partial charge is 0.384 e. The highest BCUT2D eigenvalue weighted by atomic mass is 32.2. The zero-order valence-electron chi connectivity index (χ0n) is 9.94. The molecular weight excluding hydrogens is 266 g/mol. The Morgan fingerprint density at radius 1 is 1.61 bits per heavy atom. The van der Waals surface area contributed by atoms with E-state index in [1.165, 1.54) is 0 Å². The number of amides is 1. The number of nitrogens with one attached hydrogen (secondary N) is 1. The molecule has 2 heterocycles. The van der Waals surface area contributed by atoms with Crippen molar-refractivity contribution in [1.82, 2.24) is 5.32 Å².